The molecule has 0 amide bonds. The van der Waals surface area contributed by atoms with Crippen molar-refractivity contribution in [3.63, 3.8) is 0 Å². The van der Waals surface area contributed by atoms with Gasteiger partial charge in [-0.25, -0.2) is 4.98 Å². The third kappa shape index (κ3) is 1.57. The molecule has 1 aliphatic rings. The largest absolute Gasteiger partial charge is 0.390 e. The third-order valence-electron chi connectivity index (χ3n) is 2.88. The van der Waals surface area contributed by atoms with Crippen molar-refractivity contribution < 1.29 is 9.84 Å². The van der Waals surface area contributed by atoms with E-state index in [9.17, 15) is 0 Å². The topological polar surface area (TPSA) is 47.3 Å². The number of imidazole rings is 1. The molecule has 2 aromatic heterocycles. The number of hydrogen-bond acceptors (Lipinski definition) is 4. The van der Waals surface area contributed by atoms with Crippen LogP contribution in [-0.4, -0.2) is 14.7 Å². The standard InChI is InChI=1S/C11H12N2O2S/c14-4-9-10-5-15-11(3-13(10)7-12-9)8-1-2-16-6-8/h1-2,6-7,11,14H,3-5H2. The van der Waals surface area contributed by atoms with E-state index in [-0.39, 0.29) is 12.7 Å². The fourth-order valence-corrected chi connectivity index (χ4v) is 2.68. The maximum atomic E-state index is 9.10. The second kappa shape index (κ2) is 4.01. The minimum absolute atomic E-state index is 0.0190. The zero-order valence-corrected chi connectivity index (χ0v) is 9.48. The highest BCUT2D eigenvalue weighted by atomic mass is 32.1. The lowest BCUT2D eigenvalue weighted by Crippen LogP contribution is -2.20. The van der Waals surface area contributed by atoms with Gasteiger partial charge in [0.15, 0.2) is 0 Å². The molecule has 5 heteroatoms. The molecule has 2 aromatic rings. The number of nitrogens with zero attached hydrogens (tertiary/aromatic N) is 2. The van der Waals surface area contributed by atoms with Gasteiger partial charge in [0.25, 0.3) is 0 Å². The fourth-order valence-electron chi connectivity index (χ4n) is 1.98. The Morgan fingerprint density at radius 2 is 2.56 bits per heavy atom. The van der Waals surface area contributed by atoms with Gasteiger partial charge < -0.3 is 14.4 Å². The highest BCUT2D eigenvalue weighted by Gasteiger charge is 2.23. The van der Waals surface area contributed by atoms with Crippen molar-refractivity contribution in [2.24, 2.45) is 0 Å². The van der Waals surface area contributed by atoms with Gasteiger partial charge in [-0.1, -0.05) is 0 Å². The summed E-state index contributed by atoms with van der Waals surface area (Å²) in [4.78, 5) is 4.17. The summed E-state index contributed by atoms with van der Waals surface area (Å²) in [6, 6.07) is 2.09. The van der Waals surface area contributed by atoms with Gasteiger partial charge in [-0.3, -0.25) is 0 Å². The number of aliphatic hydroxyl groups is 1. The van der Waals surface area contributed by atoms with E-state index in [2.05, 4.69) is 26.4 Å². The lowest BCUT2D eigenvalue weighted by Gasteiger charge is -2.24. The van der Waals surface area contributed by atoms with E-state index < -0.39 is 0 Å². The molecule has 0 saturated carbocycles. The van der Waals surface area contributed by atoms with E-state index in [0.717, 1.165) is 17.9 Å². The molecule has 0 saturated heterocycles. The van der Waals surface area contributed by atoms with E-state index in [1.807, 2.05) is 0 Å². The molecule has 1 N–H and O–H groups in total. The first-order valence-corrected chi connectivity index (χ1v) is 6.10. The molecule has 1 aliphatic heterocycles. The van der Waals surface area contributed by atoms with E-state index in [1.54, 1.807) is 17.7 Å². The Morgan fingerprint density at radius 3 is 3.31 bits per heavy atom. The molecule has 0 bridgehead atoms. The Morgan fingerprint density at radius 1 is 1.62 bits per heavy atom. The van der Waals surface area contributed by atoms with Crippen molar-refractivity contribution in [1.82, 2.24) is 9.55 Å². The van der Waals surface area contributed by atoms with Crippen molar-refractivity contribution in [3.05, 3.63) is 40.1 Å². The van der Waals surface area contributed by atoms with Crippen molar-refractivity contribution >= 4 is 11.3 Å². The second-order valence-electron chi connectivity index (χ2n) is 3.80. The van der Waals surface area contributed by atoms with Crippen LogP contribution in [0.1, 0.15) is 23.1 Å². The first-order chi connectivity index (χ1) is 7.88. The monoisotopic (exact) mass is 236 g/mol. The zero-order chi connectivity index (χ0) is 11.0. The molecule has 1 unspecified atom stereocenters. The van der Waals surface area contributed by atoms with Gasteiger partial charge in [0, 0.05) is 0 Å². The van der Waals surface area contributed by atoms with Gasteiger partial charge in [0.2, 0.25) is 0 Å². The molecule has 1 atom stereocenters. The van der Waals surface area contributed by atoms with Crippen LogP contribution in [-0.2, 0) is 24.5 Å². The minimum atomic E-state index is -0.0190. The Bertz CT molecular complexity index is 478. The molecule has 84 valence electrons. The molecule has 3 heterocycles. The second-order valence-corrected chi connectivity index (χ2v) is 4.58. The fraction of sp³-hybridized carbons (Fsp3) is 0.364. The summed E-state index contributed by atoms with van der Waals surface area (Å²) in [5, 5.41) is 13.3. The number of aliphatic hydroxyl groups excluding tert-OH is 1. The summed E-state index contributed by atoms with van der Waals surface area (Å²) in [7, 11) is 0. The summed E-state index contributed by atoms with van der Waals surface area (Å²) >= 11 is 1.68. The molecule has 16 heavy (non-hydrogen) atoms. The Labute approximate surface area is 97.1 Å². The average Bonchev–Trinajstić information content (AvgIpc) is 2.97. The molecule has 3 rings (SSSR count). The summed E-state index contributed by atoms with van der Waals surface area (Å²) in [6.45, 7) is 1.28. The summed E-state index contributed by atoms with van der Waals surface area (Å²) in [5.41, 5.74) is 2.94. The van der Waals surface area contributed by atoms with Crippen LogP contribution in [0.25, 0.3) is 0 Å². The Kier molecular flexibility index (Phi) is 2.51. The van der Waals surface area contributed by atoms with Gasteiger partial charge in [0.05, 0.1) is 37.5 Å². The number of aromatic nitrogens is 2. The number of ether oxygens (including phenoxy) is 1. The van der Waals surface area contributed by atoms with E-state index in [1.165, 1.54) is 5.56 Å². The summed E-state index contributed by atoms with van der Waals surface area (Å²) < 4.78 is 7.85. The quantitative estimate of drug-likeness (QED) is 0.863. The highest BCUT2D eigenvalue weighted by molar-refractivity contribution is 7.07. The highest BCUT2D eigenvalue weighted by Crippen LogP contribution is 2.28. The zero-order valence-electron chi connectivity index (χ0n) is 8.67. The molecule has 0 aliphatic carbocycles. The van der Waals surface area contributed by atoms with E-state index in [0.29, 0.717) is 6.61 Å². The van der Waals surface area contributed by atoms with Gasteiger partial charge >= 0.3 is 0 Å². The maximum absolute atomic E-state index is 9.10. The Balaban J connectivity index is 1.87. The van der Waals surface area contributed by atoms with Crippen LogP contribution in [0.5, 0.6) is 0 Å². The van der Waals surface area contributed by atoms with Crippen LogP contribution >= 0.6 is 11.3 Å². The number of fused-ring (bicyclic) bond motifs is 1. The lowest BCUT2D eigenvalue weighted by molar-refractivity contribution is 0.00223. The average molecular weight is 236 g/mol. The van der Waals surface area contributed by atoms with E-state index >= 15 is 0 Å². The van der Waals surface area contributed by atoms with Crippen LogP contribution in [0.2, 0.25) is 0 Å². The van der Waals surface area contributed by atoms with Gasteiger partial charge in [-0.2, -0.15) is 11.3 Å². The predicted octanol–water partition coefficient (Wildman–Crippen LogP) is 1.71. The molecular weight excluding hydrogens is 224 g/mol. The van der Waals surface area contributed by atoms with Crippen molar-refractivity contribution in [2.75, 3.05) is 0 Å². The van der Waals surface area contributed by atoms with Crippen molar-refractivity contribution in [1.29, 1.82) is 0 Å². The lowest BCUT2D eigenvalue weighted by atomic mass is 10.1. The van der Waals surface area contributed by atoms with Crippen LogP contribution in [0, 0.1) is 0 Å². The molecule has 4 nitrogen and oxygen atoms in total. The maximum Gasteiger partial charge on any atom is 0.102 e. The van der Waals surface area contributed by atoms with Crippen molar-refractivity contribution in [2.45, 2.75) is 25.9 Å². The molecule has 0 spiro atoms. The summed E-state index contributed by atoms with van der Waals surface area (Å²) in [6.07, 6.45) is 1.89. The normalized spacial score (nSPS) is 19.7. The Hall–Kier alpha value is -1.17. The molecule has 0 fully saturated rings. The predicted molar refractivity (Wildman–Crippen MR) is 60.0 cm³/mol. The van der Waals surface area contributed by atoms with Crippen LogP contribution in [0.15, 0.2) is 23.2 Å². The smallest absolute Gasteiger partial charge is 0.102 e. The van der Waals surface area contributed by atoms with Crippen molar-refractivity contribution in [3.8, 4) is 0 Å². The first kappa shape index (κ1) is 10.0. The number of thiophene rings is 1. The summed E-state index contributed by atoms with van der Waals surface area (Å²) in [5.74, 6) is 0. The SMILES string of the molecule is OCc1ncn2c1COC(c1ccsc1)C2. The van der Waals surface area contributed by atoms with Gasteiger partial charge in [0.1, 0.15) is 6.10 Å². The van der Waals surface area contributed by atoms with Crippen LogP contribution in [0.3, 0.4) is 0 Å². The van der Waals surface area contributed by atoms with Gasteiger partial charge in [-0.15, -0.1) is 0 Å². The molecule has 0 radical (unpaired) electrons. The minimum Gasteiger partial charge on any atom is -0.390 e. The van der Waals surface area contributed by atoms with Crippen LogP contribution < -0.4 is 0 Å². The van der Waals surface area contributed by atoms with Gasteiger partial charge in [-0.05, 0) is 22.4 Å². The molecular formula is C11H12N2O2S. The van der Waals surface area contributed by atoms with E-state index in [4.69, 9.17) is 9.84 Å². The van der Waals surface area contributed by atoms with Crippen LogP contribution in [0.4, 0.5) is 0 Å². The third-order valence-corrected chi connectivity index (χ3v) is 3.58. The molecule has 0 aromatic carbocycles. The first-order valence-electron chi connectivity index (χ1n) is 5.16. The number of hydrogen-bond donors (Lipinski definition) is 1. The number of rotatable bonds is 2.